The Bertz CT molecular complexity index is 619. The molecule has 6 nitrogen and oxygen atoms in total. The fourth-order valence-corrected chi connectivity index (χ4v) is 4.29. The molecule has 134 valence electrons. The smallest absolute Gasteiger partial charge is 0.221 e. The van der Waals surface area contributed by atoms with Crippen molar-refractivity contribution in [3.05, 3.63) is 35.9 Å². The van der Waals surface area contributed by atoms with Crippen molar-refractivity contribution < 1.29 is 13.2 Å². The molecule has 0 bridgehead atoms. The summed E-state index contributed by atoms with van der Waals surface area (Å²) in [7, 11) is -0.932. The molecule has 7 heteroatoms. The van der Waals surface area contributed by atoms with Gasteiger partial charge in [-0.15, -0.1) is 0 Å². The second-order valence-corrected chi connectivity index (χ2v) is 8.63. The maximum Gasteiger partial charge on any atom is 0.221 e. The summed E-state index contributed by atoms with van der Waals surface area (Å²) in [6, 6.07) is 10.0. The highest BCUT2D eigenvalue weighted by Crippen LogP contribution is 2.05. The van der Waals surface area contributed by atoms with E-state index in [0.29, 0.717) is 13.1 Å². The highest BCUT2D eigenvalue weighted by molar-refractivity contribution is 7.91. The Labute approximate surface area is 144 Å². The number of rotatable bonds is 8. The summed E-state index contributed by atoms with van der Waals surface area (Å²) in [4.78, 5) is 14.1. The summed E-state index contributed by atoms with van der Waals surface area (Å²) < 4.78 is 23.1. The van der Waals surface area contributed by atoms with Gasteiger partial charge in [-0.25, -0.2) is 8.42 Å². The molecule has 0 aliphatic carbocycles. The molecule has 2 N–H and O–H groups in total. The Kier molecular flexibility index (Phi) is 7.20. The average molecular weight is 353 g/mol. The number of hydrogen-bond acceptors (Lipinski definition) is 5. The predicted octanol–water partition coefficient (Wildman–Crippen LogP) is 0.401. The molecule has 1 unspecified atom stereocenters. The zero-order chi connectivity index (χ0) is 17.4. The summed E-state index contributed by atoms with van der Waals surface area (Å²) in [5.41, 5.74) is 1.27. The first kappa shape index (κ1) is 18.9. The van der Waals surface area contributed by atoms with E-state index < -0.39 is 9.84 Å². The van der Waals surface area contributed by atoms with Gasteiger partial charge in [-0.05, 0) is 25.6 Å². The van der Waals surface area contributed by atoms with Crippen LogP contribution < -0.4 is 10.6 Å². The van der Waals surface area contributed by atoms with E-state index in [2.05, 4.69) is 34.7 Å². The maximum absolute atomic E-state index is 11.9. The topological polar surface area (TPSA) is 78.5 Å². The predicted molar refractivity (Wildman–Crippen MR) is 95.5 cm³/mol. The number of nitrogens with zero attached hydrogens (tertiary/aromatic N) is 1. The Morgan fingerprint density at radius 1 is 1.33 bits per heavy atom. The molecule has 1 aliphatic heterocycles. The number of hydrogen-bond donors (Lipinski definition) is 2. The van der Waals surface area contributed by atoms with Gasteiger partial charge in [0.2, 0.25) is 5.91 Å². The van der Waals surface area contributed by atoms with Crippen molar-refractivity contribution in [2.24, 2.45) is 0 Å². The molecule has 24 heavy (non-hydrogen) atoms. The lowest BCUT2D eigenvalue weighted by Crippen LogP contribution is -2.47. The molecule has 1 aliphatic rings. The van der Waals surface area contributed by atoms with Crippen molar-refractivity contribution >= 4 is 15.7 Å². The molecule has 1 saturated heterocycles. The van der Waals surface area contributed by atoms with E-state index in [4.69, 9.17) is 0 Å². The standard InChI is InChI=1S/C17H27N3O3S/c1-20(13-15-6-3-2-4-7-15)10-5-8-19-17(21)12-16-14-24(22,23)11-9-18-16/h2-4,6-7,16,18H,5,8-14H2,1H3,(H,19,21). The Balaban J connectivity index is 1.59. The summed E-state index contributed by atoms with van der Waals surface area (Å²) in [6.45, 7) is 2.83. The van der Waals surface area contributed by atoms with Gasteiger partial charge in [0.1, 0.15) is 0 Å². The zero-order valence-corrected chi connectivity index (χ0v) is 15.0. The highest BCUT2D eigenvalue weighted by Gasteiger charge is 2.25. The number of carbonyl (C=O) groups excluding carboxylic acids is 1. The minimum atomic E-state index is -2.99. The molecule has 1 amide bonds. The van der Waals surface area contributed by atoms with Crippen LogP contribution in [0.3, 0.4) is 0 Å². The van der Waals surface area contributed by atoms with Crippen LogP contribution in [0.2, 0.25) is 0 Å². The van der Waals surface area contributed by atoms with Gasteiger partial charge in [0, 0.05) is 32.1 Å². The van der Waals surface area contributed by atoms with Gasteiger partial charge in [0.05, 0.1) is 11.5 Å². The molecule has 1 fully saturated rings. The SMILES string of the molecule is CN(CCCNC(=O)CC1CS(=O)(=O)CCN1)Cc1ccccc1. The third kappa shape index (κ3) is 6.98. The maximum atomic E-state index is 11.9. The van der Waals surface area contributed by atoms with E-state index in [1.54, 1.807) is 0 Å². The van der Waals surface area contributed by atoms with Crippen LogP contribution >= 0.6 is 0 Å². The van der Waals surface area contributed by atoms with Crippen LogP contribution in [0.25, 0.3) is 0 Å². The number of nitrogens with one attached hydrogen (secondary N) is 2. The fourth-order valence-electron chi connectivity index (χ4n) is 2.85. The lowest BCUT2D eigenvalue weighted by Gasteiger charge is -2.23. The number of amides is 1. The van der Waals surface area contributed by atoms with Crippen molar-refractivity contribution in [2.75, 3.05) is 38.2 Å². The molecular formula is C17H27N3O3S. The fraction of sp³-hybridized carbons (Fsp3) is 0.588. The van der Waals surface area contributed by atoms with Gasteiger partial charge < -0.3 is 15.5 Å². The molecule has 0 spiro atoms. The van der Waals surface area contributed by atoms with Gasteiger partial charge in [0.25, 0.3) is 0 Å². The monoisotopic (exact) mass is 353 g/mol. The molecule has 2 rings (SSSR count). The van der Waals surface area contributed by atoms with Crippen LogP contribution in [0.15, 0.2) is 30.3 Å². The summed E-state index contributed by atoms with van der Waals surface area (Å²) in [5, 5.41) is 5.97. The van der Waals surface area contributed by atoms with Crippen LogP contribution in [0.5, 0.6) is 0 Å². The van der Waals surface area contributed by atoms with Gasteiger partial charge in [0.15, 0.2) is 9.84 Å². The first-order valence-corrected chi connectivity index (χ1v) is 10.2. The van der Waals surface area contributed by atoms with Crippen molar-refractivity contribution in [1.29, 1.82) is 0 Å². The van der Waals surface area contributed by atoms with Crippen LogP contribution in [-0.4, -0.2) is 63.5 Å². The Hall–Kier alpha value is -1.44. The third-order valence-corrected chi connectivity index (χ3v) is 5.80. The number of benzene rings is 1. The lowest BCUT2D eigenvalue weighted by molar-refractivity contribution is -0.121. The minimum Gasteiger partial charge on any atom is -0.356 e. The molecule has 0 saturated carbocycles. The molecule has 1 atom stereocenters. The first-order chi connectivity index (χ1) is 11.4. The van der Waals surface area contributed by atoms with Crippen molar-refractivity contribution in [3.63, 3.8) is 0 Å². The molecule has 1 aromatic carbocycles. The lowest BCUT2D eigenvalue weighted by atomic mass is 10.2. The van der Waals surface area contributed by atoms with Gasteiger partial charge in [-0.1, -0.05) is 30.3 Å². The summed E-state index contributed by atoms with van der Waals surface area (Å²) in [5.74, 6) is 0.134. The van der Waals surface area contributed by atoms with Gasteiger partial charge >= 0.3 is 0 Å². The quantitative estimate of drug-likeness (QED) is 0.662. The van der Waals surface area contributed by atoms with Gasteiger partial charge in [-0.2, -0.15) is 0 Å². The number of sulfone groups is 1. The van der Waals surface area contributed by atoms with Crippen LogP contribution in [0.4, 0.5) is 0 Å². The number of carbonyl (C=O) groups is 1. The first-order valence-electron chi connectivity index (χ1n) is 8.37. The Morgan fingerprint density at radius 2 is 2.08 bits per heavy atom. The Morgan fingerprint density at radius 3 is 2.79 bits per heavy atom. The van der Waals surface area contributed by atoms with E-state index in [1.807, 2.05) is 18.2 Å². The normalized spacial score (nSPS) is 20.0. The van der Waals surface area contributed by atoms with Crippen LogP contribution in [-0.2, 0) is 21.2 Å². The average Bonchev–Trinajstić information content (AvgIpc) is 2.51. The largest absolute Gasteiger partial charge is 0.356 e. The summed E-state index contributed by atoms with van der Waals surface area (Å²) >= 11 is 0. The van der Waals surface area contributed by atoms with Crippen LogP contribution in [0, 0.1) is 0 Å². The van der Waals surface area contributed by atoms with E-state index in [-0.39, 0.29) is 29.9 Å². The van der Waals surface area contributed by atoms with Crippen molar-refractivity contribution in [2.45, 2.75) is 25.4 Å². The van der Waals surface area contributed by atoms with Gasteiger partial charge in [-0.3, -0.25) is 4.79 Å². The molecular weight excluding hydrogens is 326 g/mol. The van der Waals surface area contributed by atoms with Crippen LogP contribution in [0.1, 0.15) is 18.4 Å². The minimum absolute atomic E-state index is 0.0558. The molecule has 1 aromatic rings. The van der Waals surface area contributed by atoms with E-state index in [0.717, 1.165) is 19.5 Å². The van der Waals surface area contributed by atoms with Crippen molar-refractivity contribution in [1.82, 2.24) is 15.5 Å². The van der Waals surface area contributed by atoms with E-state index in [9.17, 15) is 13.2 Å². The van der Waals surface area contributed by atoms with E-state index in [1.165, 1.54) is 5.56 Å². The molecule has 1 heterocycles. The molecule has 0 radical (unpaired) electrons. The second kappa shape index (κ2) is 9.15. The summed E-state index contributed by atoms with van der Waals surface area (Å²) in [6.07, 6.45) is 1.09. The zero-order valence-electron chi connectivity index (χ0n) is 14.2. The van der Waals surface area contributed by atoms with E-state index >= 15 is 0 Å². The van der Waals surface area contributed by atoms with Crippen molar-refractivity contribution in [3.8, 4) is 0 Å². The highest BCUT2D eigenvalue weighted by atomic mass is 32.2. The third-order valence-electron chi connectivity index (χ3n) is 4.07. The molecule has 0 aromatic heterocycles. The second-order valence-electron chi connectivity index (χ2n) is 6.40.